The molecular formula is C12H14INO3. The molecule has 17 heavy (non-hydrogen) atoms. The Hall–Kier alpha value is -0.690. The number of pyridine rings is 1. The fraction of sp³-hybridized carbons (Fsp3) is 0.500. The first-order valence-corrected chi connectivity index (χ1v) is 6.66. The second kappa shape index (κ2) is 4.89. The summed E-state index contributed by atoms with van der Waals surface area (Å²) in [5.74, 6) is -1.06. The van der Waals surface area contributed by atoms with Gasteiger partial charge in [-0.25, -0.2) is 0 Å². The molecule has 0 aliphatic heterocycles. The topological polar surface area (TPSA) is 70.4 Å². The van der Waals surface area contributed by atoms with Crippen molar-refractivity contribution < 1.29 is 15.0 Å². The Morgan fingerprint density at radius 3 is 2.65 bits per heavy atom. The van der Waals surface area contributed by atoms with Gasteiger partial charge in [-0.3, -0.25) is 9.78 Å². The zero-order valence-electron chi connectivity index (χ0n) is 9.27. The van der Waals surface area contributed by atoms with Crippen molar-refractivity contribution in [2.45, 2.75) is 31.3 Å². The largest absolute Gasteiger partial charge is 0.481 e. The van der Waals surface area contributed by atoms with Gasteiger partial charge in [0, 0.05) is 16.0 Å². The highest BCUT2D eigenvalue weighted by Crippen LogP contribution is 2.40. The van der Waals surface area contributed by atoms with E-state index < -0.39 is 11.6 Å². The Morgan fingerprint density at radius 1 is 1.47 bits per heavy atom. The molecule has 1 aromatic heterocycles. The number of aliphatic carboxylic acids is 1. The summed E-state index contributed by atoms with van der Waals surface area (Å²) in [4.78, 5) is 14.9. The molecule has 92 valence electrons. The van der Waals surface area contributed by atoms with Gasteiger partial charge in [0.15, 0.2) is 0 Å². The Balaban J connectivity index is 2.18. The average molecular weight is 347 g/mol. The summed E-state index contributed by atoms with van der Waals surface area (Å²) in [7, 11) is 0. The van der Waals surface area contributed by atoms with Gasteiger partial charge >= 0.3 is 5.97 Å². The van der Waals surface area contributed by atoms with Crippen LogP contribution in [0.15, 0.2) is 18.5 Å². The summed E-state index contributed by atoms with van der Waals surface area (Å²) in [5.41, 5.74) is -0.0114. The Labute approximate surface area is 113 Å². The van der Waals surface area contributed by atoms with Crippen LogP contribution >= 0.6 is 22.6 Å². The molecule has 0 atom stereocenters. The van der Waals surface area contributed by atoms with Crippen LogP contribution in [0.1, 0.15) is 31.2 Å². The van der Waals surface area contributed by atoms with Crippen LogP contribution in [0.2, 0.25) is 0 Å². The number of halogens is 1. The van der Waals surface area contributed by atoms with E-state index in [1.807, 2.05) is 6.07 Å². The summed E-state index contributed by atoms with van der Waals surface area (Å²) in [6.07, 6.45) is 5.46. The van der Waals surface area contributed by atoms with Crippen LogP contribution < -0.4 is 0 Å². The van der Waals surface area contributed by atoms with E-state index in [1.54, 1.807) is 12.4 Å². The number of rotatable bonds is 2. The second-order valence-electron chi connectivity index (χ2n) is 4.50. The lowest BCUT2D eigenvalue weighted by Crippen LogP contribution is -2.34. The summed E-state index contributed by atoms with van der Waals surface area (Å²) in [6, 6.07) is 1.82. The van der Waals surface area contributed by atoms with Gasteiger partial charge < -0.3 is 10.2 Å². The Morgan fingerprint density at radius 2 is 2.12 bits per heavy atom. The first-order valence-electron chi connectivity index (χ1n) is 5.58. The number of aromatic nitrogens is 1. The molecule has 1 saturated carbocycles. The van der Waals surface area contributed by atoms with Crippen molar-refractivity contribution in [2.75, 3.05) is 0 Å². The van der Waals surface area contributed by atoms with Crippen LogP contribution in [0, 0.1) is 9.49 Å². The standard InChI is InChI=1S/C12H14INO3/c13-10-7-14-6-3-9(10)12(17)4-1-8(2-5-12)11(15)16/h3,6-8,17H,1-2,4-5H2,(H,15,16). The van der Waals surface area contributed by atoms with E-state index in [2.05, 4.69) is 27.6 Å². The number of nitrogens with zero attached hydrogens (tertiary/aromatic N) is 1. The minimum Gasteiger partial charge on any atom is -0.481 e. The molecule has 0 bridgehead atoms. The highest BCUT2D eigenvalue weighted by Gasteiger charge is 2.38. The summed E-state index contributed by atoms with van der Waals surface area (Å²) in [5, 5.41) is 19.5. The zero-order valence-corrected chi connectivity index (χ0v) is 11.4. The molecule has 1 heterocycles. The summed E-state index contributed by atoms with van der Waals surface area (Å²) in [6.45, 7) is 0. The molecule has 0 amide bonds. The molecule has 0 spiro atoms. The fourth-order valence-corrected chi connectivity index (χ4v) is 3.21. The van der Waals surface area contributed by atoms with E-state index in [9.17, 15) is 9.90 Å². The lowest BCUT2D eigenvalue weighted by molar-refractivity contribution is -0.145. The molecule has 0 saturated heterocycles. The Bertz CT molecular complexity index is 428. The number of hydrogen-bond donors (Lipinski definition) is 2. The molecule has 2 rings (SSSR count). The molecule has 1 aliphatic carbocycles. The van der Waals surface area contributed by atoms with Crippen molar-refractivity contribution in [2.24, 2.45) is 5.92 Å². The molecule has 0 aromatic carbocycles. The molecule has 1 aliphatic rings. The van der Waals surface area contributed by atoms with Crippen LogP contribution in [0.4, 0.5) is 0 Å². The van der Waals surface area contributed by atoms with E-state index in [-0.39, 0.29) is 5.92 Å². The van der Waals surface area contributed by atoms with Crippen molar-refractivity contribution in [1.29, 1.82) is 0 Å². The van der Waals surface area contributed by atoms with Crippen molar-refractivity contribution in [3.63, 3.8) is 0 Å². The number of aliphatic hydroxyl groups is 1. The van der Waals surface area contributed by atoms with Gasteiger partial charge in [0.2, 0.25) is 0 Å². The molecule has 0 unspecified atom stereocenters. The van der Waals surface area contributed by atoms with Crippen molar-refractivity contribution in [3.8, 4) is 0 Å². The van der Waals surface area contributed by atoms with E-state index in [1.165, 1.54) is 0 Å². The van der Waals surface area contributed by atoms with Crippen LogP contribution in [0.3, 0.4) is 0 Å². The quantitative estimate of drug-likeness (QED) is 0.805. The first kappa shape index (κ1) is 12.8. The van der Waals surface area contributed by atoms with Gasteiger partial charge in [-0.15, -0.1) is 0 Å². The minimum absolute atomic E-state index is 0.310. The zero-order chi connectivity index (χ0) is 12.5. The lowest BCUT2D eigenvalue weighted by Gasteiger charge is -2.35. The third-order valence-electron chi connectivity index (χ3n) is 3.44. The van der Waals surface area contributed by atoms with Crippen LogP contribution in [0.25, 0.3) is 0 Å². The first-order chi connectivity index (χ1) is 8.03. The van der Waals surface area contributed by atoms with E-state index in [0.29, 0.717) is 25.7 Å². The monoisotopic (exact) mass is 347 g/mol. The molecule has 0 radical (unpaired) electrons. The van der Waals surface area contributed by atoms with Gasteiger partial charge in [-0.05, 0) is 59.9 Å². The predicted molar refractivity (Wildman–Crippen MR) is 70.4 cm³/mol. The molecule has 1 aromatic rings. The fourth-order valence-electron chi connectivity index (χ4n) is 2.36. The number of hydrogen-bond acceptors (Lipinski definition) is 3. The maximum Gasteiger partial charge on any atom is 0.306 e. The van der Waals surface area contributed by atoms with Gasteiger partial charge in [0.25, 0.3) is 0 Å². The molecule has 2 N–H and O–H groups in total. The minimum atomic E-state index is -0.884. The maximum absolute atomic E-state index is 10.9. The number of carboxylic acids is 1. The van der Waals surface area contributed by atoms with Crippen LogP contribution in [0.5, 0.6) is 0 Å². The van der Waals surface area contributed by atoms with Gasteiger partial charge in [-0.2, -0.15) is 0 Å². The van der Waals surface area contributed by atoms with Gasteiger partial charge in [-0.1, -0.05) is 0 Å². The smallest absolute Gasteiger partial charge is 0.306 e. The normalized spacial score (nSPS) is 28.9. The second-order valence-corrected chi connectivity index (χ2v) is 5.66. The molecule has 4 nitrogen and oxygen atoms in total. The number of carboxylic acid groups (broad SMARTS) is 1. The summed E-state index contributed by atoms with van der Waals surface area (Å²) < 4.78 is 0.932. The maximum atomic E-state index is 10.9. The third-order valence-corrected chi connectivity index (χ3v) is 4.30. The van der Waals surface area contributed by atoms with Gasteiger partial charge in [0.1, 0.15) is 0 Å². The van der Waals surface area contributed by atoms with Crippen molar-refractivity contribution in [1.82, 2.24) is 4.98 Å². The van der Waals surface area contributed by atoms with Crippen LogP contribution in [-0.2, 0) is 10.4 Å². The van der Waals surface area contributed by atoms with Crippen molar-refractivity contribution >= 4 is 28.6 Å². The molecule has 1 fully saturated rings. The van der Waals surface area contributed by atoms with E-state index in [4.69, 9.17) is 5.11 Å². The number of carbonyl (C=O) groups is 1. The van der Waals surface area contributed by atoms with Crippen molar-refractivity contribution in [3.05, 3.63) is 27.6 Å². The molecule has 5 heteroatoms. The highest BCUT2D eigenvalue weighted by atomic mass is 127. The van der Waals surface area contributed by atoms with E-state index >= 15 is 0 Å². The van der Waals surface area contributed by atoms with Gasteiger partial charge in [0.05, 0.1) is 11.5 Å². The average Bonchev–Trinajstić information content (AvgIpc) is 2.30. The van der Waals surface area contributed by atoms with Crippen LogP contribution in [-0.4, -0.2) is 21.2 Å². The lowest BCUT2D eigenvalue weighted by atomic mass is 9.75. The summed E-state index contributed by atoms with van der Waals surface area (Å²) >= 11 is 2.15. The van der Waals surface area contributed by atoms with E-state index in [0.717, 1.165) is 9.13 Å². The SMILES string of the molecule is O=C(O)C1CCC(O)(c2ccncc2I)CC1. The predicted octanol–water partition coefficient (Wildman–Crippen LogP) is 2.15. The molecular weight excluding hydrogens is 333 g/mol. The Kier molecular flexibility index (Phi) is 3.67. The highest BCUT2D eigenvalue weighted by molar-refractivity contribution is 14.1. The third kappa shape index (κ3) is 2.60.